The molecule has 0 unspecified atom stereocenters. The molecule has 3 aromatic rings. The Kier molecular flexibility index (Phi) is 4.53. The number of halogens is 1. The molecule has 1 aliphatic rings. The van der Waals surface area contributed by atoms with Crippen LogP contribution >= 0.6 is 11.6 Å². The Hall–Kier alpha value is -2.59. The molecule has 0 aliphatic carbocycles. The Labute approximate surface area is 152 Å². The highest BCUT2D eigenvalue weighted by molar-refractivity contribution is 6.30. The summed E-state index contributed by atoms with van der Waals surface area (Å²) >= 11 is 6.00. The molecule has 126 valence electrons. The van der Waals surface area contributed by atoms with Crippen LogP contribution in [0.15, 0.2) is 60.9 Å². The van der Waals surface area contributed by atoms with Crippen LogP contribution in [-0.4, -0.2) is 16.5 Å². The lowest BCUT2D eigenvalue weighted by atomic mass is 10.0. The maximum absolute atomic E-state index is 6.00. The van der Waals surface area contributed by atoms with Gasteiger partial charge in [-0.3, -0.25) is 4.98 Å². The average molecular weight is 352 g/mol. The summed E-state index contributed by atoms with van der Waals surface area (Å²) in [5.41, 5.74) is 3.77. The number of fused-ring (bicyclic) bond motifs is 1. The van der Waals surface area contributed by atoms with Gasteiger partial charge in [-0.2, -0.15) is 4.98 Å². The molecule has 0 saturated heterocycles. The van der Waals surface area contributed by atoms with Crippen LogP contribution in [0.25, 0.3) is 0 Å². The van der Waals surface area contributed by atoms with Crippen LogP contribution in [0.2, 0.25) is 5.02 Å². The standard InChI is InChI=1S/C20H18ClN3O/c21-18-7-3-4-15(10-18)14-25-20-12-22-11-19(23-20)24-9-8-16-5-1-2-6-17(16)13-24/h1-7,10-12H,8-9,13-14H2. The zero-order valence-electron chi connectivity index (χ0n) is 13.7. The molecule has 0 N–H and O–H groups in total. The van der Waals surface area contributed by atoms with Crippen molar-refractivity contribution in [2.24, 2.45) is 0 Å². The van der Waals surface area contributed by atoms with Crippen LogP contribution in [0.3, 0.4) is 0 Å². The molecule has 25 heavy (non-hydrogen) atoms. The van der Waals surface area contributed by atoms with E-state index in [9.17, 15) is 0 Å². The van der Waals surface area contributed by atoms with Gasteiger partial charge in [0.15, 0.2) is 5.82 Å². The normalized spacial score (nSPS) is 13.4. The van der Waals surface area contributed by atoms with Crippen molar-refractivity contribution in [1.82, 2.24) is 9.97 Å². The number of rotatable bonds is 4. The fourth-order valence-corrected chi connectivity index (χ4v) is 3.25. The summed E-state index contributed by atoms with van der Waals surface area (Å²) in [5.74, 6) is 1.37. The fraction of sp³-hybridized carbons (Fsp3) is 0.200. The first-order valence-electron chi connectivity index (χ1n) is 8.29. The van der Waals surface area contributed by atoms with Crippen molar-refractivity contribution in [2.75, 3.05) is 11.4 Å². The lowest BCUT2D eigenvalue weighted by Crippen LogP contribution is -2.31. The van der Waals surface area contributed by atoms with Gasteiger partial charge >= 0.3 is 0 Å². The second-order valence-corrected chi connectivity index (χ2v) is 6.51. The first-order chi connectivity index (χ1) is 12.3. The van der Waals surface area contributed by atoms with Crippen LogP contribution in [0.1, 0.15) is 16.7 Å². The van der Waals surface area contributed by atoms with E-state index >= 15 is 0 Å². The Bertz CT molecular complexity index is 884. The molecule has 0 atom stereocenters. The molecule has 0 spiro atoms. The summed E-state index contributed by atoms with van der Waals surface area (Å²) in [6, 6.07) is 16.2. The largest absolute Gasteiger partial charge is 0.472 e. The number of hydrogen-bond donors (Lipinski definition) is 0. The molecular formula is C20H18ClN3O. The first-order valence-corrected chi connectivity index (χ1v) is 8.67. The topological polar surface area (TPSA) is 38.2 Å². The number of aromatic nitrogens is 2. The SMILES string of the molecule is Clc1cccc(COc2cncc(N3CCc4ccccc4C3)n2)c1. The first kappa shape index (κ1) is 15.9. The van der Waals surface area contributed by atoms with Gasteiger partial charge in [-0.05, 0) is 35.2 Å². The Balaban J connectivity index is 1.46. The summed E-state index contributed by atoms with van der Waals surface area (Å²) in [6.45, 7) is 2.20. The lowest BCUT2D eigenvalue weighted by molar-refractivity contribution is 0.292. The second kappa shape index (κ2) is 7.11. The van der Waals surface area contributed by atoms with E-state index in [1.54, 1.807) is 12.4 Å². The quantitative estimate of drug-likeness (QED) is 0.703. The third kappa shape index (κ3) is 3.74. The molecular weight excluding hydrogens is 334 g/mol. The van der Waals surface area contributed by atoms with Gasteiger partial charge in [0.2, 0.25) is 5.88 Å². The van der Waals surface area contributed by atoms with Gasteiger partial charge in [0.1, 0.15) is 6.61 Å². The number of anilines is 1. The summed E-state index contributed by atoms with van der Waals surface area (Å²) in [5, 5.41) is 0.702. The van der Waals surface area contributed by atoms with Gasteiger partial charge in [-0.25, -0.2) is 0 Å². The van der Waals surface area contributed by atoms with Gasteiger partial charge in [0.05, 0.1) is 12.4 Å². The van der Waals surface area contributed by atoms with Gasteiger partial charge in [-0.15, -0.1) is 0 Å². The van der Waals surface area contributed by atoms with E-state index in [4.69, 9.17) is 16.3 Å². The second-order valence-electron chi connectivity index (χ2n) is 6.07. The van der Waals surface area contributed by atoms with Crippen LogP contribution in [0, 0.1) is 0 Å². The third-order valence-electron chi connectivity index (χ3n) is 4.33. The predicted molar refractivity (Wildman–Crippen MR) is 99.0 cm³/mol. The molecule has 2 heterocycles. The maximum atomic E-state index is 6.00. The van der Waals surface area contributed by atoms with Crippen LogP contribution < -0.4 is 9.64 Å². The van der Waals surface area contributed by atoms with E-state index in [1.807, 2.05) is 24.3 Å². The molecule has 1 aromatic heterocycles. The minimum atomic E-state index is 0.418. The zero-order chi connectivity index (χ0) is 17.1. The van der Waals surface area contributed by atoms with Crippen molar-refractivity contribution in [3.8, 4) is 5.88 Å². The Morgan fingerprint density at radius 1 is 1.04 bits per heavy atom. The Morgan fingerprint density at radius 2 is 1.92 bits per heavy atom. The Morgan fingerprint density at radius 3 is 2.80 bits per heavy atom. The highest BCUT2D eigenvalue weighted by Crippen LogP contribution is 2.24. The van der Waals surface area contributed by atoms with E-state index in [2.05, 4.69) is 39.1 Å². The number of hydrogen-bond acceptors (Lipinski definition) is 4. The minimum Gasteiger partial charge on any atom is -0.472 e. The molecule has 0 bridgehead atoms. The fourth-order valence-electron chi connectivity index (χ4n) is 3.04. The van der Waals surface area contributed by atoms with Gasteiger partial charge in [0, 0.05) is 18.1 Å². The summed E-state index contributed by atoms with van der Waals surface area (Å²) < 4.78 is 5.79. The van der Waals surface area contributed by atoms with Crippen LogP contribution in [0.5, 0.6) is 5.88 Å². The molecule has 0 amide bonds. The monoisotopic (exact) mass is 351 g/mol. The van der Waals surface area contributed by atoms with Crippen molar-refractivity contribution in [1.29, 1.82) is 0 Å². The summed E-state index contributed by atoms with van der Waals surface area (Å²) in [6.07, 6.45) is 4.46. The van der Waals surface area contributed by atoms with Crippen LogP contribution in [-0.2, 0) is 19.6 Å². The molecule has 1 aliphatic heterocycles. The number of nitrogens with zero attached hydrogens (tertiary/aromatic N) is 3. The maximum Gasteiger partial charge on any atom is 0.234 e. The minimum absolute atomic E-state index is 0.418. The molecule has 4 rings (SSSR count). The molecule has 5 heteroatoms. The lowest BCUT2D eigenvalue weighted by Gasteiger charge is -2.29. The van der Waals surface area contributed by atoms with E-state index < -0.39 is 0 Å². The zero-order valence-corrected chi connectivity index (χ0v) is 14.5. The highest BCUT2D eigenvalue weighted by Gasteiger charge is 2.17. The summed E-state index contributed by atoms with van der Waals surface area (Å²) in [4.78, 5) is 11.1. The van der Waals surface area contributed by atoms with Crippen molar-refractivity contribution in [3.05, 3.63) is 82.6 Å². The number of benzene rings is 2. The molecule has 0 fully saturated rings. The van der Waals surface area contributed by atoms with E-state index in [0.29, 0.717) is 17.5 Å². The van der Waals surface area contributed by atoms with Gasteiger partial charge in [0.25, 0.3) is 0 Å². The van der Waals surface area contributed by atoms with Crippen molar-refractivity contribution in [3.63, 3.8) is 0 Å². The van der Waals surface area contributed by atoms with Crippen molar-refractivity contribution in [2.45, 2.75) is 19.6 Å². The van der Waals surface area contributed by atoms with E-state index in [1.165, 1.54) is 11.1 Å². The van der Waals surface area contributed by atoms with Gasteiger partial charge in [-0.1, -0.05) is 48.0 Å². The molecule has 0 radical (unpaired) electrons. The predicted octanol–water partition coefficient (Wildman–Crippen LogP) is 4.27. The molecule has 0 saturated carbocycles. The van der Waals surface area contributed by atoms with E-state index in [0.717, 1.165) is 30.9 Å². The van der Waals surface area contributed by atoms with Crippen molar-refractivity contribution < 1.29 is 4.74 Å². The molecule has 4 nitrogen and oxygen atoms in total. The smallest absolute Gasteiger partial charge is 0.234 e. The average Bonchev–Trinajstić information content (AvgIpc) is 2.66. The van der Waals surface area contributed by atoms with E-state index in [-0.39, 0.29) is 0 Å². The van der Waals surface area contributed by atoms with Crippen molar-refractivity contribution >= 4 is 17.4 Å². The third-order valence-corrected chi connectivity index (χ3v) is 4.57. The number of ether oxygens (including phenoxy) is 1. The molecule has 2 aromatic carbocycles. The summed E-state index contributed by atoms with van der Waals surface area (Å²) in [7, 11) is 0. The van der Waals surface area contributed by atoms with Gasteiger partial charge < -0.3 is 9.64 Å². The van der Waals surface area contributed by atoms with Crippen LogP contribution in [0.4, 0.5) is 5.82 Å². The highest BCUT2D eigenvalue weighted by atomic mass is 35.5.